The zero-order valence-electron chi connectivity index (χ0n) is 14.0. The Balaban J connectivity index is 1.64. The van der Waals surface area contributed by atoms with E-state index in [1.165, 1.54) is 30.3 Å². The van der Waals surface area contributed by atoms with E-state index in [4.69, 9.17) is 4.42 Å². The number of rotatable bonds is 5. The van der Waals surface area contributed by atoms with Crippen molar-refractivity contribution in [2.45, 2.75) is 24.3 Å². The lowest BCUT2D eigenvalue weighted by Gasteiger charge is -2.10. The number of thioether (sulfide) groups is 1. The summed E-state index contributed by atoms with van der Waals surface area (Å²) in [5, 5.41) is 10.1. The number of nitrogens with one attached hydrogen (secondary N) is 1. The molecule has 0 saturated heterocycles. The van der Waals surface area contributed by atoms with E-state index in [9.17, 15) is 13.6 Å². The van der Waals surface area contributed by atoms with Crippen molar-refractivity contribution in [3.05, 3.63) is 59.7 Å². The van der Waals surface area contributed by atoms with E-state index in [1.807, 2.05) is 0 Å². The first-order valence-corrected chi connectivity index (χ1v) is 8.63. The quantitative estimate of drug-likeness (QED) is 0.668. The molecule has 0 saturated carbocycles. The van der Waals surface area contributed by atoms with E-state index in [0.29, 0.717) is 16.8 Å². The van der Waals surface area contributed by atoms with Crippen molar-refractivity contribution >= 4 is 23.4 Å². The third kappa shape index (κ3) is 4.26. The van der Waals surface area contributed by atoms with E-state index < -0.39 is 5.25 Å². The Morgan fingerprint density at radius 1 is 1.15 bits per heavy atom. The zero-order chi connectivity index (χ0) is 18.7. The van der Waals surface area contributed by atoms with Crippen LogP contribution in [0.25, 0.3) is 11.5 Å². The predicted octanol–water partition coefficient (Wildman–Crippen LogP) is 4.44. The second kappa shape index (κ2) is 7.65. The molecule has 134 valence electrons. The summed E-state index contributed by atoms with van der Waals surface area (Å²) in [6, 6.07) is 10.1. The fourth-order valence-corrected chi connectivity index (χ4v) is 2.77. The topological polar surface area (TPSA) is 68.0 Å². The summed E-state index contributed by atoms with van der Waals surface area (Å²) in [4.78, 5) is 12.2. The van der Waals surface area contributed by atoms with Crippen LogP contribution in [-0.2, 0) is 4.79 Å². The summed E-state index contributed by atoms with van der Waals surface area (Å²) >= 11 is 1.08. The molecule has 0 fully saturated rings. The summed E-state index contributed by atoms with van der Waals surface area (Å²) < 4.78 is 32.0. The molecule has 0 bridgehead atoms. The second-order valence-electron chi connectivity index (χ2n) is 5.59. The number of benzene rings is 2. The Morgan fingerprint density at radius 3 is 2.58 bits per heavy atom. The number of anilines is 1. The highest BCUT2D eigenvalue weighted by Crippen LogP contribution is 2.27. The second-order valence-corrected chi connectivity index (χ2v) is 6.89. The first-order chi connectivity index (χ1) is 12.4. The smallest absolute Gasteiger partial charge is 0.277 e. The molecular formula is C18H15F2N3O2S. The van der Waals surface area contributed by atoms with Crippen molar-refractivity contribution < 1.29 is 18.0 Å². The van der Waals surface area contributed by atoms with Gasteiger partial charge in [0.1, 0.15) is 11.6 Å². The van der Waals surface area contributed by atoms with Gasteiger partial charge in [0.25, 0.3) is 5.22 Å². The Bertz CT molecular complexity index is 928. The van der Waals surface area contributed by atoms with Crippen LogP contribution in [0.1, 0.15) is 12.5 Å². The molecule has 1 aromatic heterocycles. The Hall–Kier alpha value is -2.74. The Kier molecular flexibility index (Phi) is 5.32. The van der Waals surface area contributed by atoms with Gasteiger partial charge in [0.15, 0.2) is 0 Å². The minimum Gasteiger partial charge on any atom is -0.411 e. The molecule has 5 nitrogen and oxygen atoms in total. The van der Waals surface area contributed by atoms with Crippen molar-refractivity contribution in [1.29, 1.82) is 0 Å². The van der Waals surface area contributed by atoms with Crippen molar-refractivity contribution in [3.63, 3.8) is 0 Å². The van der Waals surface area contributed by atoms with E-state index >= 15 is 0 Å². The van der Waals surface area contributed by atoms with E-state index in [2.05, 4.69) is 15.5 Å². The maximum absolute atomic E-state index is 13.6. The molecule has 0 unspecified atom stereocenters. The fourth-order valence-electron chi connectivity index (χ4n) is 2.09. The molecule has 26 heavy (non-hydrogen) atoms. The number of carbonyl (C=O) groups is 1. The van der Waals surface area contributed by atoms with Crippen LogP contribution in [0.5, 0.6) is 0 Å². The average Bonchev–Trinajstić information content (AvgIpc) is 3.07. The van der Waals surface area contributed by atoms with Gasteiger partial charge in [0, 0.05) is 11.3 Å². The summed E-state index contributed by atoms with van der Waals surface area (Å²) in [5.41, 5.74) is 1.46. The number of aryl methyl sites for hydroxylation is 1. The number of hydrogen-bond acceptors (Lipinski definition) is 5. The summed E-state index contributed by atoms with van der Waals surface area (Å²) in [6.45, 7) is 3.32. The van der Waals surface area contributed by atoms with Gasteiger partial charge >= 0.3 is 0 Å². The molecule has 0 spiro atoms. The Labute approximate surface area is 152 Å². The normalized spacial score (nSPS) is 12.0. The van der Waals surface area contributed by atoms with Gasteiger partial charge in [-0.2, -0.15) is 0 Å². The van der Waals surface area contributed by atoms with Gasteiger partial charge < -0.3 is 9.73 Å². The molecule has 1 N–H and O–H groups in total. The van der Waals surface area contributed by atoms with Crippen LogP contribution in [0.3, 0.4) is 0 Å². The molecule has 1 heterocycles. The maximum atomic E-state index is 13.6. The highest BCUT2D eigenvalue weighted by Gasteiger charge is 2.19. The molecule has 0 aliphatic carbocycles. The minimum atomic E-state index is -0.541. The number of amides is 1. The van der Waals surface area contributed by atoms with Gasteiger partial charge in [-0.3, -0.25) is 4.79 Å². The van der Waals surface area contributed by atoms with Gasteiger partial charge in [0.2, 0.25) is 11.8 Å². The summed E-state index contributed by atoms with van der Waals surface area (Å²) in [7, 11) is 0. The first kappa shape index (κ1) is 18.1. The molecule has 3 aromatic rings. The minimum absolute atomic E-state index is 0.210. The molecule has 3 rings (SSSR count). The lowest BCUT2D eigenvalue weighted by atomic mass is 10.2. The largest absolute Gasteiger partial charge is 0.411 e. The number of halogens is 2. The summed E-state index contributed by atoms with van der Waals surface area (Å²) in [6.07, 6.45) is 0. The van der Waals surface area contributed by atoms with Crippen LogP contribution < -0.4 is 5.32 Å². The number of hydrogen-bond donors (Lipinski definition) is 1. The zero-order valence-corrected chi connectivity index (χ0v) is 14.8. The van der Waals surface area contributed by atoms with Crippen LogP contribution in [0.2, 0.25) is 0 Å². The maximum Gasteiger partial charge on any atom is 0.277 e. The molecule has 2 aromatic carbocycles. The third-order valence-electron chi connectivity index (χ3n) is 3.58. The number of nitrogens with zero attached hydrogens (tertiary/aromatic N) is 2. The van der Waals surface area contributed by atoms with Crippen molar-refractivity contribution in [2.24, 2.45) is 0 Å². The lowest BCUT2D eigenvalue weighted by molar-refractivity contribution is -0.115. The average molecular weight is 375 g/mol. The van der Waals surface area contributed by atoms with Crippen LogP contribution in [0.4, 0.5) is 14.5 Å². The first-order valence-electron chi connectivity index (χ1n) is 7.75. The highest BCUT2D eigenvalue weighted by atomic mass is 32.2. The molecule has 0 aliphatic heterocycles. The molecule has 1 atom stereocenters. The van der Waals surface area contributed by atoms with E-state index in [-0.39, 0.29) is 28.7 Å². The SMILES string of the molecule is Cc1ccc(NC(=O)[C@H](C)Sc2nnc(-c3ccc(F)cc3)o2)cc1F. The van der Waals surface area contributed by atoms with Crippen LogP contribution in [-0.4, -0.2) is 21.4 Å². The van der Waals surface area contributed by atoms with Gasteiger partial charge in [-0.05, 0) is 55.8 Å². The van der Waals surface area contributed by atoms with Gasteiger partial charge in [-0.25, -0.2) is 8.78 Å². The fraction of sp³-hybridized carbons (Fsp3) is 0.167. The van der Waals surface area contributed by atoms with Gasteiger partial charge in [-0.1, -0.05) is 17.8 Å². The van der Waals surface area contributed by atoms with Gasteiger partial charge in [0.05, 0.1) is 5.25 Å². The number of aromatic nitrogens is 2. The van der Waals surface area contributed by atoms with E-state index in [1.54, 1.807) is 26.0 Å². The summed E-state index contributed by atoms with van der Waals surface area (Å²) in [5.74, 6) is -0.829. The molecule has 0 aliphatic rings. The van der Waals surface area contributed by atoms with Crippen molar-refractivity contribution in [1.82, 2.24) is 10.2 Å². The van der Waals surface area contributed by atoms with E-state index in [0.717, 1.165) is 11.8 Å². The number of carbonyl (C=O) groups excluding carboxylic acids is 1. The molecule has 0 radical (unpaired) electrons. The monoisotopic (exact) mass is 375 g/mol. The van der Waals surface area contributed by atoms with Crippen molar-refractivity contribution in [2.75, 3.05) is 5.32 Å². The van der Waals surface area contributed by atoms with Crippen LogP contribution >= 0.6 is 11.8 Å². The molecular weight excluding hydrogens is 360 g/mol. The molecule has 8 heteroatoms. The van der Waals surface area contributed by atoms with Crippen LogP contribution in [0.15, 0.2) is 52.1 Å². The lowest BCUT2D eigenvalue weighted by Crippen LogP contribution is -2.22. The van der Waals surface area contributed by atoms with Crippen LogP contribution in [0, 0.1) is 18.6 Å². The standard InChI is InChI=1S/C18H15F2N3O2S/c1-10-3-8-14(9-15(10)20)21-16(24)11(2)26-18-23-22-17(25-18)12-4-6-13(19)7-5-12/h3-9,11H,1-2H3,(H,21,24)/t11-/m0/s1. The molecule has 1 amide bonds. The highest BCUT2D eigenvalue weighted by molar-refractivity contribution is 8.00. The predicted molar refractivity (Wildman–Crippen MR) is 94.8 cm³/mol. The van der Waals surface area contributed by atoms with Gasteiger partial charge in [-0.15, -0.1) is 10.2 Å². The Morgan fingerprint density at radius 2 is 1.88 bits per heavy atom. The third-order valence-corrected chi connectivity index (χ3v) is 4.52. The van der Waals surface area contributed by atoms with Crippen molar-refractivity contribution in [3.8, 4) is 11.5 Å².